The maximum Gasteiger partial charge on any atom is 0.230 e. The highest BCUT2D eigenvalue weighted by molar-refractivity contribution is 6.30. The number of hydrogen-bond donors (Lipinski definition) is 0. The third kappa shape index (κ3) is 3.07. The van der Waals surface area contributed by atoms with Crippen LogP contribution in [0.5, 0.6) is 0 Å². The maximum absolute atomic E-state index is 5.89. The molecule has 1 fully saturated rings. The predicted molar refractivity (Wildman–Crippen MR) is 88.8 cm³/mol. The van der Waals surface area contributed by atoms with E-state index < -0.39 is 0 Å². The minimum absolute atomic E-state index is 0.256. The first-order chi connectivity index (χ1) is 11.8. The molecule has 0 spiro atoms. The Morgan fingerprint density at radius 1 is 1.08 bits per heavy atom. The molecular weight excluding hydrogens is 328 g/mol. The van der Waals surface area contributed by atoms with Crippen LogP contribution in [0.2, 0.25) is 5.02 Å². The van der Waals surface area contributed by atoms with Crippen LogP contribution in [0.4, 0.5) is 5.82 Å². The Bertz CT molecular complexity index is 799. The molecule has 0 aromatic carbocycles. The molecule has 1 aliphatic heterocycles. The van der Waals surface area contributed by atoms with Crippen molar-refractivity contribution in [2.45, 2.75) is 18.8 Å². The summed E-state index contributed by atoms with van der Waals surface area (Å²) < 4.78 is 5.43. The van der Waals surface area contributed by atoms with Gasteiger partial charge in [-0.05, 0) is 25.0 Å². The Morgan fingerprint density at radius 3 is 2.67 bits per heavy atom. The molecule has 0 unspecified atom stereocenters. The summed E-state index contributed by atoms with van der Waals surface area (Å²) in [5.74, 6) is 2.36. The molecule has 0 saturated carbocycles. The number of piperidine rings is 1. The van der Waals surface area contributed by atoms with Gasteiger partial charge in [-0.15, -0.1) is 0 Å². The van der Waals surface area contributed by atoms with Crippen LogP contribution in [0.15, 0.2) is 41.4 Å². The van der Waals surface area contributed by atoms with Crippen LogP contribution in [0.25, 0.3) is 11.5 Å². The second-order valence-electron chi connectivity index (χ2n) is 5.64. The third-order valence-corrected chi connectivity index (χ3v) is 4.34. The van der Waals surface area contributed by atoms with Crippen LogP contribution in [0, 0.1) is 0 Å². The fourth-order valence-electron chi connectivity index (χ4n) is 2.83. The topological polar surface area (TPSA) is 80.8 Å². The standard InChI is InChI=1S/C16H15ClN6O/c17-12-1-2-14(20-9-12)23-7-3-11(4-8-23)16-21-15(22-24-16)13-10-18-5-6-19-13/h1-2,5-6,9-11H,3-4,7-8H2. The smallest absolute Gasteiger partial charge is 0.230 e. The second-order valence-corrected chi connectivity index (χ2v) is 6.08. The summed E-state index contributed by atoms with van der Waals surface area (Å²) in [5, 5.41) is 4.67. The SMILES string of the molecule is Clc1ccc(N2CCC(c3nc(-c4cnccn4)no3)CC2)nc1. The lowest BCUT2D eigenvalue weighted by molar-refractivity contribution is 0.329. The van der Waals surface area contributed by atoms with E-state index in [1.165, 1.54) is 0 Å². The second kappa shape index (κ2) is 6.52. The zero-order chi connectivity index (χ0) is 16.4. The molecule has 24 heavy (non-hydrogen) atoms. The molecule has 3 aromatic rings. The molecule has 4 heterocycles. The summed E-state index contributed by atoms with van der Waals surface area (Å²) in [6.45, 7) is 1.78. The normalized spacial score (nSPS) is 15.6. The molecule has 8 heteroatoms. The molecule has 0 amide bonds. The predicted octanol–water partition coefficient (Wildman–Crippen LogP) is 2.96. The van der Waals surface area contributed by atoms with E-state index in [-0.39, 0.29) is 5.92 Å². The Morgan fingerprint density at radius 2 is 1.96 bits per heavy atom. The minimum Gasteiger partial charge on any atom is -0.357 e. The Hall–Kier alpha value is -2.54. The molecular formula is C16H15ClN6O. The molecule has 7 nitrogen and oxygen atoms in total. The van der Waals surface area contributed by atoms with Gasteiger partial charge >= 0.3 is 0 Å². The van der Waals surface area contributed by atoms with E-state index >= 15 is 0 Å². The quantitative estimate of drug-likeness (QED) is 0.723. The van der Waals surface area contributed by atoms with Crippen molar-refractivity contribution in [1.29, 1.82) is 0 Å². The summed E-state index contributed by atoms with van der Waals surface area (Å²) in [4.78, 5) is 19.3. The molecule has 1 saturated heterocycles. The zero-order valence-electron chi connectivity index (χ0n) is 12.8. The van der Waals surface area contributed by atoms with E-state index in [1.54, 1.807) is 24.8 Å². The van der Waals surface area contributed by atoms with Crippen LogP contribution in [-0.2, 0) is 0 Å². The Balaban J connectivity index is 1.43. The van der Waals surface area contributed by atoms with Crippen molar-refractivity contribution < 1.29 is 4.52 Å². The Kier molecular flexibility index (Phi) is 4.08. The molecule has 3 aromatic heterocycles. The van der Waals surface area contributed by atoms with Gasteiger partial charge in [-0.3, -0.25) is 4.98 Å². The first-order valence-electron chi connectivity index (χ1n) is 7.76. The maximum atomic E-state index is 5.89. The van der Waals surface area contributed by atoms with Crippen molar-refractivity contribution in [3.8, 4) is 11.5 Å². The average molecular weight is 343 g/mol. The van der Waals surface area contributed by atoms with Crippen LogP contribution >= 0.6 is 11.6 Å². The molecule has 122 valence electrons. The van der Waals surface area contributed by atoms with Crippen LogP contribution < -0.4 is 4.90 Å². The van der Waals surface area contributed by atoms with Gasteiger partial charge in [0, 0.05) is 37.6 Å². The van der Waals surface area contributed by atoms with Gasteiger partial charge in [-0.1, -0.05) is 16.8 Å². The van der Waals surface area contributed by atoms with Gasteiger partial charge < -0.3 is 9.42 Å². The summed E-state index contributed by atoms with van der Waals surface area (Å²) >= 11 is 5.89. The Labute approximate surface area is 143 Å². The van der Waals surface area contributed by atoms with Crippen molar-refractivity contribution in [3.63, 3.8) is 0 Å². The van der Waals surface area contributed by atoms with Crippen molar-refractivity contribution in [2.24, 2.45) is 0 Å². The summed E-state index contributed by atoms with van der Waals surface area (Å²) in [6, 6.07) is 3.81. The van der Waals surface area contributed by atoms with E-state index in [0.717, 1.165) is 31.7 Å². The zero-order valence-corrected chi connectivity index (χ0v) is 13.6. The van der Waals surface area contributed by atoms with Crippen LogP contribution in [0.1, 0.15) is 24.7 Å². The van der Waals surface area contributed by atoms with Gasteiger partial charge in [0.15, 0.2) is 0 Å². The highest BCUT2D eigenvalue weighted by atomic mass is 35.5. The molecule has 0 bridgehead atoms. The van der Waals surface area contributed by atoms with E-state index in [1.807, 2.05) is 12.1 Å². The molecule has 0 radical (unpaired) electrons. The molecule has 0 N–H and O–H groups in total. The number of pyridine rings is 1. The number of rotatable bonds is 3. The van der Waals surface area contributed by atoms with Gasteiger partial charge in [0.2, 0.25) is 11.7 Å². The molecule has 0 aliphatic carbocycles. The van der Waals surface area contributed by atoms with Gasteiger partial charge in [0.1, 0.15) is 11.5 Å². The lowest BCUT2D eigenvalue weighted by atomic mass is 9.97. The fourth-order valence-corrected chi connectivity index (χ4v) is 2.94. The lowest BCUT2D eigenvalue weighted by Gasteiger charge is -2.31. The number of anilines is 1. The number of aromatic nitrogens is 5. The summed E-state index contributed by atoms with van der Waals surface area (Å²) in [6.07, 6.45) is 8.41. The van der Waals surface area contributed by atoms with Gasteiger partial charge in [0.25, 0.3) is 0 Å². The fraction of sp³-hybridized carbons (Fsp3) is 0.312. The molecule has 1 aliphatic rings. The highest BCUT2D eigenvalue weighted by Gasteiger charge is 2.26. The lowest BCUT2D eigenvalue weighted by Crippen LogP contribution is -2.33. The van der Waals surface area contributed by atoms with E-state index in [0.29, 0.717) is 22.4 Å². The van der Waals surface area contributed by atoms with Crippen LogP contribution in [0.3, 0.4) is 0 Å². The van der Waals surface area contributed by atoms with E-state index in [2.05, 4.69) is 30.0 Å². The van der Waals surface area contributed by atoms with E-state index in [4.69, 9.17) is 16.1 Å². The van der Waals surface area contributed by atoms with Crippen LogP contribution in [-0.4, -0.2) is 38.2 Å². The number of nitrogens with zero attached hydrogens (tertiary/aromatic N) is 6. The molecule has 0 atom stereocenters. The highest BCUT2D eigenvalue weighted by Crippen LogP contribution is 2.30. The summed E-state index contributed by atoms with van der Waals surface area (Å²) in [5.41, 5.74) is 0.621. The first kappa shape index (κ1) is 15.0. The number of halogens is 1. The first-order valence-corrected chi connectivity index (χ1v) is 8.14. The monoisotopic (exact) mass is 342 g/mol. The number of hydrogen-bond acceptors (Lipinski definition) is 7. The van der Waals surface area contributed by atoms with Gasteiger partial charge in [-0.2, -0.15) is 4.98 Å². The van der Waals surface area contributed by atoms with Crippen molar-refractivity contribution in [3.05, 3.63) is 47.8 Å². The molecule has 4 rings (SSSR count). The van der Waals surface area contributed by atoms with Crippen molar-refractivity contribution in [2.75, 3.05) is 18.0 Å². The average Bonchev–Trinajstić information content (AvgIpc) is 3.13. The van der Waals surface area contributed by atoms with E-state index in [9.17, 15) is 0 Å². The van der Waals surface area contributed by atoms with Crippen molar-refractivity contribution in [1.82, 2.24) is 25.1 Å². The van der Waals surface area contributed by atoms with Crippen molar-refractivity contribution >= 4 is 17.4 Å². The largest absolute Gasteiger partial charge is 0.357 e. The third-order valence-electron chi connectivity index (χ3n) is 4.11. The minimum atomic E-state index is 0.256. The van der Waals surface area contributed by atoms with Gasteiger partial charge in [-0.25, -0.2) is 9.97 Å². The van der Waals surface area contributed by atoms with Gasteiger partial charge in [0.05, 0.1) is 11.2 Å². The summed E-state index contributed by atoms with van der Waals surface area (Å²) in [7, 11) is 0.